The second kappa shape index (κ2) is 8.16. The van der Waals surface area contributed by atoms with Crippen LogP contribution >= 0.6 is 11.8 Å². The Hall–Kier alpha value is -1.00. The highest BCUT2D eigenvalue weighted by atomic mass is 32.2. The van der Waals surface area contributed by atoms with Crippen molar-refractivity contribution in [1.29, 1.82) is 0 Å². The molecule has 1 amide bonds. The highest BCUT2D eigenvalue weighted by molar-refractivity contribution is 7.99. The molecule has 2 N–H and O–H groups in total. The summed E-state index contributed by atoms with van der Waals surface area (Å²) in [6.45, 7) is 5.44. The van der Waals surface area contributed by atoms with Gasteiger partial charge in [-0.15, -0.1) is 11.8 Å². The third-order valence-electron chi connectivity index (χ3n) is 2.65. The normalized spacial score (nSPS) is 12.2. The van der Waals surface area contributed by atoms with Gasteiger partial charge in [0.05, 0.1) is 0 Å². The Bertz CT molecular complexity index is 365. The molecule has 0 saturated carbocycles. The molecular weight excluding hydrogens is 244 g/mol. The van der Waals surface area contributed by atoms with Crippen LogP contribution in [0.5, 0.6) is 0 Å². The van der Waals surface area contributed by atoms with Crippen molar-refractivity contribution in [1.82, 2.24) is 10.6 Å². The molecule has 0 aliphatic rings. The van der Waals surface area contributed by atoms with Gasteiger partial charge in [0, 0.05) is 29.7 Å². The van der Waals surface area contributed by atoms with Crippen LogP contribution in [0.2, 0.25) is 0 Å². The van der Waals surface area contributed by atoms with E-state index in [1.165, 1.54) is 10.5 Å². The molecule has 0 aliphatic heterocycles. The number of hydrogen-bond acceptors (Lipinski definition) is 3. The van der Waals surface area contributed by atoms with Crippen LogP contribution in [0.15, 0.2) is 29.2 Å². The van der Waals surface area contributed by atoms with E-state index in [1.807, 2.05) is 14.0 Å². The minimum atomic E-state index is 0.0272. The molecule has 1 aromatic carbocycles. The Morgan fingerprint density at radius 1 is 1.33 bits per heavy atom. The number of nitrogens with one attached hydrogen (secondary N) is 2. The fraction of sp³-hybridized carbons (Fsp3) is 0.500. The topological polar surface area (TPSA) is 41.1 Å². The van der Waals surface area contributed by atoms with Crippen LogP contribution in [-0.2, 0) is 4.79 Å². The number of amides is 1. The summed E-state index contributed by atoms with van der Waals surface area (Å²) in [6.07, 6.45) is 0. The molecule has 0 fully saturated rings. The Morgan fingerprint density at radius 2 is 2.00 bits per heavy atom. The number of carbonyl (C=O) groups excluding carboxylic acids is 1. The first-order valence-corrected chi connectivity index (χ1v) is 7.24. The van der Waals surface area contributed by atoms with Crippen LogP contribution < -0.4 is 10.6 Å². The Kier molecular flexibility index (Phi) is 6.83. The lowest BCUT2D eigenvalue weighted by Crippen LogP contribution is -2.35. The quantitative estimate of drug-likeness (QED) is 0.586. The van der Waals surface area contributed by atoms with Gasteiger partial charge in [-0.1, -0.05) is 24.6 Å². The molecule has 0 aliphatic carbocycles. The van der Waals surface area contributed by atoms with Crippen LogP contribution in [0.25, 0.3) is 0 Å². The predicted molar refractivity (Wildman–Crippen MR) is 78.0 cm³/mol. The summed E-state index contributed by atoms with van der Waals surface area (Å²) in [6, 6.07) is 8.45. The Labute approximate surface area is 114 Å². The standard InChI is InChI=1S/C14H22N2OS/c1-11-4-6-13(7-5-11)18-9-8-16-14(17)12(2)10-15-3/h4-7,12,15H,8-10H2,1-3H3,(H,16,17). The van der Waals surface area contributed by atoms with Gasteiger partial charge in [-0.2, -0.15) is 0 Å². The van der Waals surface area contributed by atoms with Crippen LogP contribution in [0.4, 0.5) is 0 Å². The molecule has 0 spiro atoms. The van der Waals surface area contributed by atoms with Gasteiger partial charge in [0.1, 0.15) is 0 Å². The highest BCUT2D eigenvalue weighted by Gasteiger charge is 2.10. The fourth-order valence-corrected chi connectivity index (χ4v) is 2.32. The van der Waals surface area contributed by atoms with Crippen molar-refractivity contribution in [3.8, 4) is 0 Å². The molecule has 0 bridgehead atoms. The lowest BCUT2D eigenvalue weighted by atomic mass is 10.1. The van der Waals surface area contributed by atoms with E-state index in [0.717, 1.165) is 12.3 Å². The smallest absolute Gasteiger partial charge is 0.224 e. The summed E-state index contributed by atoms with van der Waals surface area (Å²) < 4.78 is 0. The maximum Gasteiger partial charge on any atom is 0.224 e. The van der Waals surface area contributed by atoms with Gasteiger partial charge in [0.15, 0.2) is 0 Å². The summed E-state index contributed by atoms with van der Waals surface area (Å²) in [5.74, 6) is 1.05. The van der Waals surface area contributed by atoms with Crippen LogP contribution in [-0.4, -0.2) is 31.8 Å². The molecule has 1 aromatic rings. The molecule has 100 valence electrons. The number of carbonyl (C=O) groups is 1. The molecule has 4 heteroatoms. The molecule has 1 unspecified atom stereocenters. The van der Waals surface area contributed by atoms with Crippen molar-refractivity contribution >= 4 is 17.7 Å². The van der Waals surface area contributed by atoms with Crippen molar-refractivity contribution in [3.63, 3.8) is 0 Å². The Morgan fingerprint density at radius 3 is 2.61 bits per heavy atom. The minimum absolute atomic E-state index is 0.0272. The first-order chi connectivity index (χ1) is 8.63. The van der Waals surface area contributed by atoms with Gasteiger partial charge < -0.3 is 10.6 Å². The molecule has 0 aromatic heterocycles. The molecule has 1 rings (SSSR count). The maximum absolute atomic E-state index is 11.6. The highest BCUT2D eigenvalue weighted by Crippen LogP contribution is 2.17. The third kappa shape index (κ3) is 5.56. The van der Waals surface area contributed by atoms with Gasteiger partial charge in [-0.25, -0.2) is 0 Å². The zero-order valence-corrected chi connectivity index (χ0v) is 12.1. The van der Waals surface area contributed by atoms with E-state index in [1.54, 1.807) is 11.8 Å². The van der Waals surface area contributed by atoms with Gasteiger partial charge in [-0.3, -0.25) is 4.79 Å². The van der Waals surface area contributed by atoms with E-state index in [0.29, 0.717) is 6.54 Å². The Balaban J connectivity index is 2.18. The summed E-state index contributed by atoms with van der Waals surface area (Å²) in [4.78, 5) is 12.9. The summed E-state index contributed by atoms with van der Waals surface area (Å²) >= 11 is 1.77. The van der Waals surface area contributed by atoms with Crippen molar-refractivity contribution in [2.75, 3.05) is 25.9 Å². The average Bonchev–Trinajstić information content (AvgIpc) is 2.36. The number of benzene rings is 1. The second-order valence-corrected chi connectivity index (χ2v) is 5.58. The van der Waals surface area contributed by atoms with E-state index in [4.69, 9.17) is 0 Å². The van der Waals surface area contributed by atoms with Gasteiger partial charge in [0.25, 0.3) is 0 Å². The number of rotatable bonds is 7. The first kappa shape index (κ1) is 15.1. The summed E-state index contributed by atoms with van der Waals surface area (Å²) in [5.41, 5.74) is 1.27. The SMILES string of the molecule is CNCC(C)C(=O)NCCSc1ccc(C)cc1. The number of aryl methyl sites for hydroxylation is 1. The number of hydrogen-bond donors (Lipinski definition) is 2. The zero-order valence-electron chi connectivity index (χ0n) is 11.3. The van der Waals surface area contributed by atoms with Crippen molar-refractivity contribution in [2.45, 2.75) is 18.7 Å². The van der Waals surface area contributed by atoms with Crippen molar-refractivity contribution in [3.05, 3.63) is 29.8 Å². The molecular formula is C14H22N2OS. The van der Waals surface area contributed by atoms with E-state index in [9.17, 15) is 4.79 Å². The fourth-order valence-electron chi connectivity index (χ4n) is 1.55. The molecule has 0 heterocycles. The van der Waals surface area contributed by atoms with E-state index in [-0.39, 0.29) is 11.8 Å². The molecule has 3 nitrogen and oxygen atoms in total. The maximum atomic E-state index is 11.6. The molecule has 1 atom stereocenters. The number of thioether (sulfide) groups is 1. The van der Waals surface area contributed by atoms with Gasteiger partial charge in [0.2, 0.25) is 5.91 Å². The van der Waals surface area contributed by atoms with E-state index >= 15 is 0 Å². The predicted octanol–water partition coefficient (Wildman–Crippen LogP) is 2.06. The second-order valence-electron chi connectivity index (χ2n) is 4.41. The van der Waals surface area contributed by atoms with E-state index in [2.05, 4.69) is 41.8 Å². The van der Waals surface area contributed by atoms with Crippen molar-refractivity contribution < 1.29 is 4.79 Å². The van der Waals surface area contributed by atoms with Crippen molar-refractivity contribution in [2.24, 2.45) is 5.92 Å². The molecule has 0 saturated heterocycles. The van der Waals surface area contributed by atoms with Crippen LogP contribution in [0.3, 0.4) is 0 Å². The largest absolute Gasteiger partial charge is 0.355 e. The lowest BCUT2D eigenvalue weighted by molar-refractivity contribution is -0.124. The van der Waals surface area contributed by atoms with Crippen LogP contribution in [0.1, 0.15) is 12.5 Å². The monoisotopic (exact) mass is 266 g/mol. The van der Waals surface area contributed by atoms with Crippen LogP contribution in [0, 0.1) is 12.8 Å². The average molecular weight is 266 g/mol. The van der Waals surface area contributed by atoms with Gasteiger partial charge in [-0.05, 0) is 26.1 Å². The molecule has 18 heavy (non-hydrogen) atoms. The zero-order chi connectivity index (χ0) is 13.4. The lowest BCUT2D eigenvalue weighted by Gasteiger charge is -2.11. The van der Waals surface area contributed by atoms with Gasteiger partial charge >= 0.3 is 0 Å². The summed E-state index contributed by atoms with van der Waals surface area (Å²) in [7, 11) is 1.86. The van der Waals surface area contributed by atoms with E-state index < -0.39 is 0 Å². The first-order valence-electron chi connectivity index (χ1n) is 6.25. The third-order valence-corrected chi connectivity index (χ3v) is 3.66. The summed E-state index contributed by atoms with van der Waals surface area (Å²) in [5, 5.41) is 5.95. The molecule has 0 radical (unpaired) electrons. The minimum Gasteiger partial charge on any atom is -0.355 e.